The first-order valence-corrected chi connectivity index (χ1v) is 11.9. The van der Waals surface area contributed by atoms with Crippen molar-refractivity contribution < 1.29 is 0 Å². The maximum Gasteiger partial charge on any atom is 0.252 e. The maximum absolute atomic E-state index is 13.0. The van der Waals surface area contributed by atoms with Gasteiger partial charge < -0.3 is 4.98 Å². The molecule has 7 heteroatoms. The van der Waals surface area contributed by atoms with Gasteiger partial charge in [-0.1, -0.05) is 37.8 Å². The fraction of sp³-hybridized carbons (Fsp3) is 0.600. The summed E-state index contributed by atoms with van der Waals surface area (Å²) in [4.78, 5) is 18.6. The lowest BCUT2D eigenvalue weighted by Gasteiger charge is -2.39. The molecule has 0 aliphatic heterocycles. The number of benzene rings is 1. The van der Waals surface area contributed by atoms with Crippen molar-refractivity contribution in [3.63, 3.8) is 0 Å². The minimum Gasteiger partial charge on any atom is -0.322 e. The lowest BCUT2D eigenvalue weighted by Crippen LogP contribution is -2.42. The van der Waals surface area contributed by atoms with Crippen molar-refractivity contribution in [3.05, 3.63) is 51.6 Å². The number of fused-ring (bicyclic) bond motifs is 1. The zero-order chi connectivity index (χ0) is 22.9. The summed E-state index contributed by atoms with van der Waals surface area (Å²) in [5, 5.41) is 13.9. The number of nitrogens with zero attached hydrogens (tertiary/aromatic N) is 5. The Hall–Kier alpha value is -2.54. The second-order valence-electron chi connectivity index (χ2n) is 10.2. The molecule has 1 saturated carbocycles. The van der Waals surface area contributed by atoms with Crippen LogP contribution in [0.15, 0.2) is 29.1 Å². The van der Waals surface area contributed by atoms with Gasteiger partial charge >= 0.3 is 0 Å². The Balaban J connectivity index is 1.76. The van der Waals surface area contributed by atoms with Crippen LogP contribution in [0, 0.1) is 6.92 Å². The van der Waals surface area contributed by atoms with Crippen LogP contribution in [0.5, 0.6) is 0 Å². The predicted molar refractivity (Wildman–Crippen MR) is 128 cm³/mol. The van der Waals surface area contributed by atoms with E-state index in [2.05, 4.69) is 72.2 Å². The molecule has 0 amide bonds. The largest absolute Gasteiger partial charge is 0.322 e. The van der Waals surface area contributed by atoms with E-state index in [1.807, 2.05) is 16.8 Å². The summed E-state index contributed by atoms with van der Waals surface area (Å²) >= 11 is 0. The minimum atomic E-state index is -0.206. The molecule has 7 nitrogen and oxygen atoms in total. The summed E-state index contributed by atoms with van der Waals surface area (Å²) in [5.74, 6) is 0.888. The first kappa shape index (κ1) is 22.6. The van der Waals surface area contributed by atoms with Crippen LogP contribution in [0.3, 0.4) is 0 Å². The molecule has 32 heavy (non-hydrogen) atoms. The van der Waals surface area contributed by atoms with E-state index < -0.39 is 0 Å². The number of tetrazole rings is 1. The van der Waals surface area contributed by atoms with Gasteiger partial charge in [0.25, 0.3) is 5.56 Å². The Bertz CT molecular complexity index is 1120. The molecule has 1 fully saturated rings. The van der Waals surface area contributed by atoms with Crippen LogP contribution in [0.2, 0.25) is 0 Å². The lowest BCUT2D eigenvalue weighted by molar-refractivity contribution is 0.0810. The molecule has 0 saturated heterocycles. The Morgan fingerprint density at radius 2 is 1.94 bits per heavy atom. The highest BCUT2D eigenvalue weighted by Gasteiger charge is 2.33. The van der Waals surface area contributed by atoms with Gasteiger partial charge in [-0.05, 0) is 81.0 Å². The van der Waals surface area contributed by atoms with E-state index in [0.717, 1.165) is 41.6 Å². The highest BCUT2D eigenvalue weighted by atomic mass is 16.1. The molecule has 172 valence electrons. The van der Waals surface area contributed by atoms with Gasteiger partial charge in [0.2, 0.25) is 0 Å². The van der Waals surface area contributed by atoms with Crippen molar-refractivity contribution in [2.75, 3.05) is 0 Å². The molecule has 0 radical (unpaired) electrons. The molecule has 4 rings (SSSR count). The fourth-order valence-electron chi connectivity index (χ4n) is 5.04. The number of nitrogens with one attached hydrogen (secondary N) is 1. The number of H-pyrrole nitrogens is 1. The third-order valence-corrected chi connectivity index (χ3v) is 6.69. The van der Waals surface area contributed by atoms with Crippen molar-refractivity contribution in [2.45, 2.75) is 97.3 Å². The van der Waals surface area contributed by atoms with Gasteiger partial charge in [-0.15, -0.1) is 5.10 Å². The molecule has 3 aromatic rings. The van der Waals surface area contributed by atoms with E-state index in [1.165, 1.54) is 24.8 Å². The van der Waals surface area contributed by atoms with Crippen molar-refractivity contribution in [2.24, 2.45) is 0 Å². The van der Waals surface area contributed by atoms with Gasteiger partial charge in [-0.3, -0.25) is 9.69 Å². The van der Waals surface area contributed by atoms with E-state index in [4.69, 9.17) is 0 Å². The standard InChI is InChI=1S/C25H36N6O/c1-6-22(23-27-28-29-31(23)25(3,4)5)30(20-10-8-7-9-11-20)16-19-15-18-14-17(2)12-13-21(18)26-24(19)32/h12-15,20,22H,6-11,16H2,1-5H3,(H,26,32)/t22-/m1/s1. The second-order valence-corrected chi connectivity index (χ2v) is 10.2. The number of rotatable bonds is 6. The quantitative estimate of drug-likeness (QED) is 0.597. The summed E-state index contributed by atoms with van der Waals surface area (Å²) < 4.78 is 1.95. The average Bonchev–Trinajstić information content (AvgIpc) is 3.25. The first-order chi connectivity index (χ1) is 15.3. The Kier molecular flexibility index (Phi) is 6.47. The molecule has 2 aromatic heterocycles. The zero-order valence-corrected chi connectivity index (χ0v) is 20.1. The SMILES string of the molecule is CC[C@H](c1nnnn1C(C)(C)C)N(Cc1cc2cc(C)ccc2[nH]c1=O)C1CCCCC1. The summed E-state index contributed by atoms with van der Waals surface area (Å²) in [5.41, 5.74) is 2.67. The summed E-state index contributed by atoms with van der Waals surface area (Å²) in [7, 11) is 0. The molecular weight excluding hydrogens is 400 g/mol. The van der Waals surface area contributed by atoms with Gasteiger partial charge in [-0.2, -0.15) is 0 Å². The van der Waals surface area contributed by atoms with Crippen molar-refractivity contribution in [3.8, 4) is 0 Å². The third-order valence-electron chi connectivity index (χ3n) is 6.69. The Labute approximate surface area is 190 Å². The van der Waals surface area contributed by atoms with Crippen LogP contribution in [0.25, 0.3) is 10.9 Å². The topological polar surface area (TPSA) is 79.7 Å². The lowest BCUT2D eigenvalue weighted by atomic mass is 9.92. The first-order valence-electron chi connectivity index (χ1n) is 11.9. The van der Waals surface area contributed by atoms with Gasteiger partial charge in [0, 0.05) is 23.7 Å². The molecule has 0 unspecified atom stereocenters. The number of hydrogen-bond acceptors (Lipinski definition) is 5. The minimum absolute atomic E-state index is 0.00701. The predicted octanol–water partition coefficient (Wildman–Crippen LogP) is 4.86. The van der Waals surface area contributed by atoms with E-state index in [-0.39, 0.29) is 17.1 Å². The van der Waals surface area contributed by atoms with E-state index in [1.54, 1.807) is 0 Å². The van der Waals surface area contributed by atoms with Crippen molar-refractivity contribution in [1.29, 1.82) is 0 Å². The summed E-state index contributed by atoms with van der Waals surface area (Å²) in [6, 6.07) is 8.70. The van der Waals surface area contributed by atoms with Crippen LogP contribution >= 0.6 is 0 Å². The van der Waals surface area contributed by atoms with Crippen molar-refractivity contribution in [1.82, 2.24) is 30.1 Å². The van der Waals surface area contributed by atoms with Crippen LogP contribution in [0.4, 0.5) is 0 Å². The highest BCUT2D eigenvalue weighted by molar-refractivity contribution is 5.79. The summed E-state index contributed by atoms with van der Waals surface area (Å²) in [6.07, 6.45) is 6.94. The molecule has 1 aliphatic carbocycles. The number of hydrogen-bond donors (Lipinski definition) is 1. The molecule has 1 aromatic carbocycles. The third kappa shape index (κ3) is 4.63. The van der Waals surface area contributed by atoms with Gasteiger partial charge in [0.1, 0.15) is 0 Å². The fourth-order valence-corrected chi connectivity index (χ4v) is 5.04. The van der Waals surface area contributed by atoms with Gasteiger partial charge in [0.05, 0.1) is 11.6 Å². The number of aromatic amines is 1. The summed E-state index contributed by atoms with van der Waals surface area (Å²) in [6.45, 7) is 11.2. The van der Waals surface area contributed by atoms with Crippen molar-refractivity contribution >= 4 is 10.9 Å². The molecule has 0 spiro atoms. The molecular formula is C25H36N6O. The van der Waals surface area contributed by atoms with Crippen LogP contribution < -0.4 is 5.56 Å². The van der Waals surface area contributed by atoms with Crippen LogP contribution in [-0.2, 0) is 12.1 Å². The molecule has 1 atom stereocenters. The monoisotopic (exact) mass is 436 g/mol. The molecule has 1 N–H and O–H groups in total. The van der Waals surface area contributed by atoms with Crippen LogP contribution in [-0.4, -0.2) is 36.1 Å². The smallest absolute Gasteiger partial charge is 0.252 e. The average molecular weight is 437 g/mol. The van der Waals surface area contributed by atoms with Gasteiger partial charge in [0.15, 0.2) is 5.82 Å². The maximum atomic E-state index is 13.0. The number of pyridine rings is 1. The van der Waals surface area contributed by atoms with E-state index in [0.29, 0.717) is 12.6 Å². The van der Waals surface area contributed by atoms with Gasteiger partial charge in [-0.25, -0.2) is 4.68 Å². The number of aromatic nitrogens is 5. The van der Waals surface area contributed by atoms with Crippen LogP contribution in [0.1, 0.15) is 89.2 Å². The van der Waals surface area contributed by atoms with E-state index >= 15 is 0 Å². The molecule has 2 heterocycles. The highest BCUT2D eigenvalue weighted by Crippen LogP contribution is 2.34. The Morgan fingerprint density at radius 1 is 1.19 bits per heavy atom. The second kappa shape index (κ2) is 9.14. The Morgan fingerprint density at radius 3 is 2.62 bits per heavy atom. The van der Waals surface area contributed by atoms with E-state index in [9.17, 15) is 4.79 Å². The zero-order valence-electron chi connectivity index (χ0n) is 20.1. The molecule has 0 bridgehead atoms. The normalized spacial score (nSPS) is 16.7. The number of aryl methyl sites for hydroxylation is 1. The molecule has 1 aliphatic rings.